The fourth-order valence-corrected chi connectivity index (χ4v) is 3.46. The molecule has 0 radical (unpaired) electrons. The van der Waals surface area contributed by atoms with E-state index in [0.29, 0.717) is 5.92 Å². The van der Waals surface area contributed by atoms with E-state index in [0.717, 1.165) is 30.4 Å². The molecule has 84 valence electrons. The molecule has 0 aromatic carbocycles. The van der Waals surface area contributed by atoms with Gasteiger partial charge in [-0.25, -0.2) is 4.98 Å². The maximum absolute atomic E-state index is 10.2. The fourth-order valence-electron chi connectivity index (χ4n) is 2.88. The first kappa shape index (κ1) is 11.1. The molecule has 2 rings (SSSR count). The van der Waals surface area contributed by atoms with E-state index in [2.05, 4.69) is 18.8 Å². The quantitative estimate of drug-likeness (QED) is 0.838. The number of rotatable bonds is 2. The third-order valence-corrected chi connectivity index (χ3v) is 4.02. The topological polar surface area (TPSA) is 33.1 Å². The monoisotopic (exact) mass is 225 g/mol. The summed E-state index contributed by atoms with van der Waals surface area (Å²) in [5.41, 5.74) is 2.67. The molecule has 0 aliphatic heterocycles. The van der Waals surface area contributed by atoms with Crippen LogP contribution < -0.4 is 0 Å². The lowest BCUT2D eigenvalue weighted by Crippen LogP contribution is -2.24. The summed E-state index contributed by atoms with van der Waals surface area (Å²) in [7, 11) is 0. The Bertz CT molecular complexity index is 289. The van der Waals surface area contributed by atoms with Gasteiger partial charge in [0.1, 0.15) is 0 Å². The smallest absolute Gasteiger partial charge is 0.0996 e. The minimum atomic E-state index is -0.346. The standard InChI is InChI=1S/C12H19NOS/c1-8-3-9(2)5-10(4-8)12(14)11-6-15-7-13-11/h6-10,12,14H,3-5H2,1-2H3. The van der Waals surface area contributed by atoms with Gasteiger partial charge in [-0.05, 0) is 37.0 Å². The number of aliphatic hydroxyl groups excluding tert-OH is 1. The maximum Gasteiger partial charge on any atom is 0.0996 e. The highest BCUT2D eigenvalue weighted by Gasteiger charge is 2.30. The van der Waals surface area contributed by atoms with Gasteiger partial charge in [0.15, 0.2) is 0 Å². The molecule has 2 nitrogen and oxygen atoms in total. The summed E-state index contributed by atoms with van der Waals surface area (Å²) in [6.07, 6.45) is 3.24. The predicted octanol–water partition coefficient (Wildman–Crippen LogP) is 3.25. The lowest BCUT2D eigenvalue weighted by Gasteiger charge is -2.33. The van der Waals surface area contributed by atoms with Crippen molar-refractivity contribution < 1.29 is 5.11 Å². The molecule has 1 heterocycles. The van der Waals surface area contributed by atoms with Gasteiger partial charge in [-0.2, -0.15) is 0 Å². The molecule has 3 heteroatoms. The summed E-state index contributed by atoms with van der Waals surface area (Å²) in [5.74, 6) is 1.89. The van der Waals surface area contributed by atoms with Crippen LogP contribution in [0.15, 0.2) is 10.9 Å². The molecule has 1 aromatic rings. The maximum atomic E-state index is 10.2. The van der Waals surface area contributed by atoms with Crippen molar-refractivity contribution in [3.8, 4) is 0 Å². The molecule has 15 heavy (non-hydrogen) atoms. The fraction of sp³-hybridized carbons (Fsp3) is 0.750. The van der Waals surface area contributed by atoms with E-state index in [1.54, 1.807) is 16.8 Å². The van der Waals surface area contributed by atoms with Crippen LogP contribution in [-0.4, -0.2) is 10.1 Å². The minimum absolute atomic E-state index is 0.346. The highest BCUT2D eigenvalue weighted by Crippen LogP contribution is 2.39. The Morgan fingerprint density at radius 2 is 2.00 bits per heavy atom. The summed E-state index contributed by atoms with van der Waals surface area (Å²) >= 11 is 1.56. The summed E-state index contributed by atoms with van der Waals surface area (Å²) in [6.45, 7) is 4.58. The minimum Gasteiger partial charge on any atom is -0.386 e. The highest BCUT2D eigenvalue weighted by molar-refractivity contribution is 7.07. The largest absolute Gasteiger partial charge is 0.386 e. The molecule has 3 atom stereocenters. The van der Waals surface area contributed by atoms with Crippen LogP contribution in [-0.2, 0) is 0 Å². The van der Waals surface area contributed by atoms with Crippen LogP contribution in [0.1, 0.15) is 44.9 Å². The van der Waals surface area contributed by atoms with Crippen LogP contribution in [0.5, 0.6) is 0 Å². The van der Waals surface area contributed by atoms with Gasteiger partial charge in [-0.1, -0.05) is 13.8 Å². The molecule has 1 aliphatic carbocycles. The Labute approximate surface area is 95.4 Å². The first-order chi connectivity index (χ1) is 7.16. The Morgan fingerprint density at radius 3 is 2.53 bits per heavy atom. The van der Waals surface area contributed by atoms with Crippen molar-refractivity contribution in [1.29, 1.82) is 0 Å². The molecule has 1 N–H and O–H groups in total. The van der Waals surface area contributed by atoms with Crippen molar-refractivity contribution >= 4 is 11.3 Å². The molecule has 0 bridgehead atoms. The van der Waals surface area contributed by atoms with Crippen molar-refractivity contribution in [2.24, 2.45) is 17.8 Å². The van der Waals surface area contributed by atoms with Crippen molar-refractivity contribution in [3.63, 3.8) is 0 Å². The van der Waals surface area contributed by atoms with E-state index >= 15 is 0 Å². The Morgan fingerprint density at radius 1 is 1.33 bits per heavy atom. The third-order valence-electron chi connectivity index (χ3n) is 3.42. The Balaban J connectivity index is 2.03. The molecule has 1 fully saturated rings. The van der Waals surface area contributed by atoms with Crippen LogP contribution in [0.3, 0.4) is 0 Å². The van der Waals surface area contributed by atoms with Crippen LogP contribution in [0, 0.1) is 17.8 Å². The lowest BCUT2D eigenvalue weighted by atomic mass is 9.74. The first-order valence-corrected chi connectivity index (χ1v) is 6.67. The van der Waals surface area contributed by atoms with Gasteiger partial charge in [-0.15, -0.1) is 11.3 Å². The lowest BCUT2D eigenvalue weighted by molar-refractivity contribution is 0.0526. The SMILES string of the molecule is CC1CC(C)CC(C(O)c2cscn2)C1. The number of thiazole rings is 1. The van der Waals surface area contributed by atoms with Gasteiger partial charge in [0.05, 0.1) is 17.3 Å². The Kier molecular flexibility index (Phi) is 3.42. The summed E-state index contributed by atoms with van der Waals surface area (Å²) in [5, 5.41) is 12.2. The van der Waals surface area contributed by atoms with Crippen LogP contribution in [0.25, 0.3) is 0 Å². The predicted molar refractivity (Wildman–Crippen MR) is 62.7 cm³/mol. The third kappa shape index (κ3) is 2.58. The van der Waals surface area contributed by atoms with Gasteiger partial charge < -0.3 is 5.11 Å². The number of aliphatic hydroxyl groups is 1. The molecule has 1 saturated carbocycles. The van der Waals surface area contributed by atoms with Crippen molar-refractivity contribution in [3.05, 3.63) is 16.6 Å². The zero-order chi connectivity index (χ0) is 10.8. The summed E-state index contributed by atoms with van der Waals surface area (Å²) < 4.78 is 0. The molecular weight excluding hydrogens is 206 g/mol. The molecule has 1 aromatic heterocycles. The average Bonchev–Trinajstić information content (AvgIpc) is 2.67. The second kappa shape index (κ2) is 4.62. The second-order valence-corrected chi connectivity index (χ2v) is 5.75. The number of nitrogens with zero attached hydrogens (tertiary/aromatic N) is 1. The zero-order valence-corrected chi connectivity index (χ0v) is 10.2. The summed E-state index contributed by atoms with van der Waals surface area (Å²) in [4.78, 5) is 4.21. The molecular formula is C12H19NOS. The van der Waals surface area contributed by atoms with Crippen LogP contribution >= 0.6 is 11.3 Å². The van der Waals surface area contributed by atoms with Gasteiger partial charge in [-0.3, -0.25) is 0 Å². The molecule has 3 unspecified atom stereocenters. The summed E-state index contributed by atoms with van der Waals surface area (Å²) in [6, 6.07) is 0. The van der Waals surface area contributed by atoms with E-state index in [-0.39, 0.29) is 6.10 Å². The van der Waals surface area contributed by atoms with Crippen LogP contribution in [0.4, 0.5) is 0 Å². The average molecular weight is 225 g/mol. The highest BCUT2D eigenvalue weighted by atomic mass is 32.1. The molecule has 0 saturated heterocycles. The van der Waals surface area contributed by atoms with Crippen molar-refractivity contribution in [2.75, 3.05) is 0 Å². The van der Waals surface area contributed by atoms with Crippen LogP contribution in [0.2, 0.25) is 0 Å². The molecule has 1 aliphatic rings. The molecule has 0 spiro atoms. The molecule has 0 amide bonds. The number of aromatic nitrogens is 1. The van der Waals surface area contributed by atoms with E-state index in [1.807, 2.05) is 5.38 Å². The van der Waals surface area contributed by atoms with E-state index in [1.165, 1.54) is 6.42 Å². The van der Waals surface area contributed by atoms with Crippen molar-refractivity contribution in [1.82, 2.24) is 4.98 Å². The van der Waals surface area contributed by atoms with E-state index in [9.17, 15) is 5.11 Å². The van der Waals surface area contributed by atoms with Gasteiger partial charge in [0, 0.05) is 5.38 Å². The van der Waals surface area contributed by atoms with Gasteiger partial charge in [0.2, 0.25) is 0 Å². The van der Waals surface area contributed by atoms with E-state index in [4.69, 9.17) is 0 Å². The van der Waals surface area contributed by atoms with E-state index < -0.39 is 0 Å². The number of hydrogen-bond acceptors (Lipinski definition) is 3. The normalized spacial score (nSPS) is 33.9. The van der Waals surface area contributed by atoms with Crippen molar-refractivity contribution in [2.45, 2.75) is 39.2 Å². The van der Waals surface area contributed by atoms with Gasteiger partial charge >= 0.3 is 0 Å². The Hall–Kier alpha value is -0.410. The second-order valence-electron chi connectivity index (χ2n) is 5.04. The van der Waals surface area contributed by atoms with Gasteiger partial charge in [0.25, 0.3) is 0 Å². The zero-order valence-electron chi connectivity index (χ0n) is 9.39. The first-order valence-electron chi connectivity index (χ1n) is 5.73. The number of hydrogen-bond donors (Lipinski definition) is 1.